The van der Waals surface area contributed by atoms with E-state index in [1.807, 2.05) is 0 Å². The molecule has 4 rings (SSSR count). The lowest BCUT2D eigenvalue weighted by Gasteiger charge is -2.22. The lowest BCUT2D eigenvalue weighted by atomic mass is 10.1. The van der Waals surface area contributed by atoms with Gasteiger partial charge in [0.15, 0.2) is 0 Å². The third kappa shape index (κ3) is 3.84. The predicted octanol–water partition coefficient (Wildman–Crippen LogP) is 3.15. The van der Waals surface area contributed by atoms with Crippen molar-refractivity contribution in [1.29, 1.82) is 0 Å². The van der Waals surface area contributed by atoms with E-state index in [0.29, 0.717) is 22.8 Å². The van der Waals surface area contributed by atoms with Crippen LogP contribution in [-0.4, -0.2) is 39.2 Å². The zero-order chi connectivity index (χ0) is 19.5. The van der Waals surface area contributed by atoms with Crippen molar-refractivity contribution in [1.82, 2.24) is 25.5 Å². The summed E-state index contributed by atoms with van der Waals surface area (Å²) < 4.78 is 1.45. The van der Waals surface area contributed by atoms with Gasteiger partial charge >= 0.3 is 0 Å². The zero-order valence-corrected chi connectivity index (χ0v) is 16.4. The SMILES string of the molecule is Cc1ccc(CNC(=O)c2cc(Cl)ccc2-n2cnnn2)c(N2CCCC2)c1. The molecule has 0 bridgehead atoms. The highest BCUT2D eigenvalue weighted by molar-refractivity contribution is 6.31. The van der Waals surface area contributed by atoms with Crippen LogP contribution in [0.4, 0.5) is 5.69 Å². The fraction of sp³-hybridized carbons (Fsp3) is 0.300. The van der Waals surface area contributed by atoms with E-state index >= 15 is 0 Å². The van der Waals surface area contributed by atoms with Crippen molar-refractivity contribution in [2.45, 2.75) is 26.3 Å². The van der Waals surface area contributed by atoms with Gasteiger partial charge in [0.25, 0.3) is 5.91 Å². The third-order valence-electron chi connectivity index (χ3n) is 4.93. The first kappa shape index (κ1) is 18.4. The number of hydrogen-bond donors (Lipinski definition) is 1. The number of amides is 1. The molecule has 0 aliphatic carbocycles. The summed E-state index contributed by atoms with van der Waals surface area (Å²) in [4.78, 5) is 15.3. The predicted molar refractivity (Wildman–Crippen MR) is 108 cm³/mol. The standard InChI is InChI=1S/C20H21ClN6O/c1-14-4-5-15(19(10-14)26-8-2-3-9-26)12-22-20(28)17-11-16(21)6-7-18(17)27-13-23-24-25-27/h4-7,10-11,13H,2-3,8-9,12H2,1H3,(H,22,28). The number of aromatic nitrogens is 4. The van der Waals surface area contributed by atoms with Crippen LogP contribution in [0, 0.1) is 6.92 Å². The number of hydrogen-bond acceptors (Lipinski definition) is 5. The first-order chi connectivity index (χ1) is 13.6. The Morgan fingerprint density at radius 3 is 2.71 bits per heavy atom. The molecule has 144 valence electrons. The zero-order valence-electron chi connectivity index (χ0n) is 15.6. The first-order valence-corrected chi connectivity index (χ1v) is 9.65. The highest BCUT2D eigenvalue weighted by Crippen LogP contribution is 2.26. The van der Waals surface area contributed by atoms with Gasteiger partial charge in [-0.15, -0.1) is 5.10 Å². The van der Waals surface area contributed by atoms with Crippen LogP contribution in [0.25, 0.3) is 5.69 Å². The second-order valence-corrected chi connectivity index (χ2v) is 7.36. The van der Waals surface area contributed by atoms with Crippen LogP contribution in [0.1, 0.15) is 34.3 Å². The molecular weight excluding hydrogens is 376 g/mol. The molecule has 1 aromatic heterocycles. The van der Waals surface area contributed by atoms with E-state index in [2.05, 4.69) is 50.9 Å². The number of halogens is 1. The van der Waals surface area contributed by atoms with E-state index in [0.717, 1.165) is 18.7 Å². The molecule has 0 atom stereocenters. The van der Waals surface area contributed by atoms with Gasteiger partial charge in [-0.3, -0.25) is 4.79 Å². The van der Waals surface area contributed by atoms with Crippen molar-refractivity contribution in [2.75, 3.05) is 18.0 Å². The molecule has 8 heteroatoms. The van der Waals surface area contributed by atoms with Gasteiger partial charge in [-0.25, -0.2) is 0 Å². The molecule has 0 unspecified atom stereocenters. The Hall–Kier alpha value is -2.93. The summed E-state index contributed by atoms with van der Waals surface area (Å²) in [6.07, 6.45) is 3.86. The number of rotatable bonds is 5. The van der Waals surface area contributed by atoms with Crippen molar-refractivity contribution in [2.24, 2.45) is 0 Å². The van der Waals surface area contributed by atoms with E-state index in [4.69, 9.17) is 11.6 Å². The minimum absolute atomic E-state index is 0.221. The summed E-state index contributed by atoms with van der Waals surface area (Å²) >= 11 is 6.12. The maximum absolute atomic E-state index is 12.9. The fourth-order valence-electron chi connectivity index (χ4n) is 3.51. The average Bonchev–Trinajstić information content (AvgIpc) is 3.40. The van der Waals surface area contributed by atoms with Gasteiger partial charge in [-0.2, -0.15) is 4.68 Å². The average molecular weight is 397 g/mol. The minimum Gasteiger partial charge on any atom is -0.371 e. The maximum Gasteiger partial charge on any atom is 0.253 e. The van der Waals surface area contributed by atoms with Crippen LogP contribution in [0.5, 0.6) is 0 Å². The van der Waals surface area contributed by atoms with Crippen LogP contribution in [-0.2, 0) is 6.54 Å². The number of benzene rings is 2. The molecule has 1 aliphatic heterocycles. The molecule has 1 N–H and O–H groups in total. The van der Waals surface area contributed by atoms with Crippen LogP contribution >= 0.6 is 11.6 Å². The van der Waals surface area contributed by atoms with Gasteiger partial charge < -0.3 is 10.2 Å². The smallest absolute Gasteiger partial charge is 0.253 e. The Balaban J connectivity index is 1.57. The van der Waals surface area contributed by atoms with E-state index in [1.165, 1.54) is 35.1 Å². The summed E-state index contributed by atoms with van der Waals surface area (Å²) in [5, 5.41) is 14.7. The molecule has 28 heavy (non-hydrogen) atoms. The highest BCUT2D eigenvalue weighted by Gasteiger charge is 2.18. The lowest BCUT2D eigenvalue weighted by molar-refractivity contribution is 0.0951. The monoisotopic (exact) mass is 396 g/mol. The summed E-state index contributed by atoms with van der Waals surface area (Å²) in [6.45, 7) is 4.64. The van der Waals surface area contributed by atoms with Crippen LogP contribution in [0.3, 0.4) is 0 Å². The number of nitrogens with one attached hydrogen (secondary N) is 1. The van der Waals surface area contributed by atoms with E-state index in [-0.39, 0.29) is 5.91 Å². The van der Waals surface area contributed by atoms with Gasteiger partial charge in [0.2, 0.25) is 0 Å². The van der Waals surface area contributed by atoms with Gasteiger partial charge in [0, 0.05) is 30.3 Å². The normalized spacial score (nSPS) is 13.7. The second kappa shape index (κ2) is 7.98. The van der Waals surface area contributed by atoms with Crippen molar-refractivity contribution in [3.8, 4) is 5.69 Å². The Labute approximate surface area is 168 Å². The molecule has 1 fully saturated rings. The van der Waals surface area contributed by atoms with Crippen molar-refractivity contribution in [3.63, 3.8) is 0 Å². The van der Waals surface area contributed by atoms with E-state index < -0.39 is 0 Å². The van der Waals surface area contributed by atoms with Crippen molar-refractivity contribution in [3.05, 3.63) is 64.4 Å². The molecule has 0 spiro atoms. The second-order valence-electron chi connectivity index (χ2n) is 6.92. The summed E-state index contributed by atoms with van der Waals surface area (Å²) in [7, 11) is 0. The number of carbonyl (C=O) groups is 1. The quantitative estimate of drug-likeness (QED) is 0.716. The Morgan fingerprint density at radius 1 is 1.14 bits per heavy atom. The van der Waals surface area contributed by atoms with Gasteiger partial charge in [0.05, 0.1) is 11.3 Å². The molecule has 3 aromatic rings. The Kier molecular flexibility index (Phi) is 5.25. The Bertz CT molecular complexity index is 982. The highest BCUT2D eigenvalue weighted by atomic mass is 35.5. The molecular formula is C20H21ClN6O. The molecule has 1 amide bonds. The van der Waals surface area contributed by atoms with Gasteiger partial charge in [-0.05, 0) is 65.6 Å². The molecule has 1 aliphatic rings. The topological polar surface area (TPSA) is 75.9 Å². The minimum atomic E-state index is -0.221. The van der Waals surface area contributed by atoms with Crippen LogP contribution in [0.15, 0.2) is 42.7 Å². The maximum atomic E-state index is 12.9. The molecule has 7 nitrogen and oxygen atoms in total. The third-order valence-corrected chi connectivity index (χ3v) is 5.16. The first-order valence-electron chi connectivity index (χ1n) is 9.27. The lowest BCUT2D eigenvalue weighted by Crippen LogP contribution is -2.26. The van der Waals surface area contributed by atoms with Gasteiger partial charge in [-0.1, -0.05) is 23.7 Å². The number of aryl methyl sites for hydroxylation is 1. The van der Waals surface area contributed by atoms with Crippen LogP contribution < -0.4 is 10.2 Å². The molecule has 2 aromatic carbocycles. The number of anilines is 1. The van der Waals surface area contributed by atoms with E-state index in [9.17, 15) is 4.79 Å². The fourth-order valence-corrected chi connectivity index (χ4v) is 3.68. The van der Waals surface area contributed by atoms with Crippen molar-refractivity contribution >= 4 is 23.2 Å². The summed E-state index contributed by atoms with van der Waals surface area (Å²) in [6, 6.07) is 11.4. The molecule has 0 radical (unpaired) electrons. The van der Waals surface area contributed by atoms with Crippen molar-refractivity contribution < 1.29 is 4.79 Å². The molecule has 2 heterocycles. The Morgan fingerprint density at radius 2 is 1.96 bits per heavy atom. The molecule has 1 saturated heterocycles. The summed E-state index contributed by atoms with van der Waals surface area (Å²) in [5.41, 5.74) is 4.52. The van der Waals surface area contributed by atoms with Crippen LogP contribution in [0.2, 0.25) is 5.02 Å². The number of carbonyl (C=O) groups excluding carboxylic acids is 1. The summed E-state index contributed by atoms with van der Waals surface area (Å²) in [5.74, 6) is -0.221. The molecule has 0 saturated carbocycles. The number of tetrazole rings is 1. The van der Waals surface area contributed by atoms with Gasteiger partial charge in [0.1, 0.15) is 6.33 Å². The number of nitrogens with zero attached hydrogens (tertiary/aromatic N) is 5. The van der Waals surface area contributed by atoms with E-state index in [1.54, 1.807) is 18.2 Å². The largest absolute Gasteiger partial charge is 0.371 e.